The molecule has 0 radical (unpaired) electrons. The number of aromatic nitrogens is 6. The number of nitrogens with one attached hydrogen (secondary N) is 1. The third kappa shape index (κ3) is 5.67. The predicted molar refractivity (Wildman–Crippen MR) is 198 cm³/mol. The fraction of sp³-hybridized carbons (Fsp3) is 0.350. The van der Waals surface area contributed by atoms with Crippen molar-refractivity contribution in [1.82, 2.24) is 39.7 Å². The Hall–Kier alpha value is -5.62. The lowest BCUT2D eigenvalue weighted by atomic mass is 9.79. The van der Waals surface area contributed by atoms with E-state index in [9.17, 15) is 14.7 Å². The molecule has 2 amide bonds. The van der Waals surface area contributed by atoms with Gasteiger partial charge in [0, 0.05) is 65.4 Å². The van der Waals surface area contributed by atoms with E-state index < -0.39 is 6.04 Å². The zero-order valence-corrected chi connectivity index (χ0v) is 28.9. The second-order valence-electron chi connectivity index (χ2n) is 14.5. The van der Waals surface area contributed by atoms with Gasteiger partial charge < -0.3 is 20.3 Å². The Morgan fingerprint density at radius 2 is 1.67 bits per heavy atom. The van der Waals surface area contributed by atoms with Crippen molar-refractivity contribution >= 4 is 39.6 Å². The van der Waals surface area contributed by atoms with Gasteiger partial charge >= 0.3 is 0 Å². The molecule has 12 heteroatoms. The molecule has 1 aliphatic carbocycles. The van der Waals surface area contributed by atoms with Gasteiger partial charge in [-0.25, -0.2) is 4.98 Å². The van der Waals surface area contributed by atoms with Crippen LogP contribution in [0, 0.1) is 0 Å². The average molecular weight is 696 g/mol. The Morgan fingerprint density at radius 3 is 2.48 bits per heavy atom. The van der Waals surface area contributed by atoms with Gasteiger partial charge in [0.15, 0.2) is 5.82 Å². The summed E-state index contributed by atoms with van der Waals surface area (Å²) in [6.07, 6.45) is 13.1. The Kier molecular flexibility index (Phi) is 8.18. The van der Waals surface area contributed by atoms with Crippen molar-refractivity contribution in [1.29, 1.82) is 0 Å². The minimum atomic E-state index is -0.455. The molecule has 1 unspecified atom stereocenters. The van der Waals surface area contributed by atoms with Crippen LogP contribution in [0.3, 0.4) is 0 Å². The number of hydrogen-bond acceptors (Lipinski definition) is 9. The second kappa shape index (κ2) is 13.2. The van der Waals surface area contributed by atoms with Gasteiger partial charge in [0.2, 0.25) is 11.8 Å². The van der Waals surface area contributed by atoms with Crippen LogP contribution in [0.2, 0.25) is 0 Å². The highest BCUT2D eigenvalue weighted by molar-refractivity contribution is 6.10. The van der Waals surface area contributed by atoms with E-state index in [1.807, 2.05) is 30.5 Å². The molecule has 0 bridgehead atoms. The van der Waals surface area contributed by atoms with E-state index in [4.69, 9.17) is 15.8 Å². The molecule has 12 nitrogen and oxygen atoms in total. The highest BCUT2D eigenvalue weighted by atomic mass is 16.3. The molecule has 4 aromatic heterocycles. The Bertz CT molecular complexity index is 2310. The lowest BCUT2D eigenvalue weighted by molar-refractivity contribution is -0.135. The molecule has 0 spiro atoms. The summed E-state index contributed by atoms with van der Waals surface area (Å²) in [5.41, 5.74) is 12.2. The predicted octanol–water partition coefficient (Wildman–Crippen LogP) is 6.14. The van der Waals surface area contributed by atoms with Crippen LogP contribution in [-0.2, 0) is 9.59 Å². The van der Waals surface area contributed by atoms with Crippen molar-refractivity contribution in [2.24, 2.45) is 0 Å². The normalized spacial score (nSPS) is 21.9. The summed E-state index contributed by atoms with van der Waals surface area (Å²) in [6.45, 7) is 2.07. The van der Waals surface area contributed by atoms with Gasteiger partial charge in [-0.05, 0) is 92.8 Å². The van der Waals surface area contributed by atoms with Crippen LogP contribution < -0.4 is 11.1 Å². The van der Waals surface area contributed by atoms with E-state index in [1.165, 1.54) is 10.9 Å². The number of fused-ring (bicyclic) bond motifs is 3. The zero-order chi connectivity index (χ0) is 35.3. The third-order valence-corrected chi connectivity index (χ3v) is 11.6. The summed E-state index contributed by atoms with van der Waals surface area (Å²) in [5, 5.41) is 28.3. The van der Waals surface area contributed by atoms with Crippen molar-refractivity contribution in [2.45, 2.75) is 75.4 Å². The summed E-state index contributed by atoms with van der Waals surface area (Å²) < 4.78 is 4.13. The van der Waals surface area contributed by atoms with Gasteiger partial charge in [0.25, 0.3) is 0 Å². The number of phenolic OH excluding ortho intramolecular Hbond substituents is 1. The van der Waals surface area contributed by atoms with E-state index >= 15 is 0 Å². The van der Waals surface area contributed by atoms with Crippen molar-refractivity contribution in [3.63, 3.8) is 0 Å². The first kappa shape index (κ1) is 32.3. The summed E-state index contributed by atoms with van der Waals surface area (Å²) >= 11 is 0. The molecule has 4 N–H and O–H groups in total. The van der Waals surface area contributed by atoms with Crippen molar-refractivity contribution in [3.05, 3.63) is 84.8 Å². The van der Waals surface area contributed by atoms with Crippen molar-refractivity contribution in [2.75, 3.05) is 18.8 Å². The first-order chi connectivity index (χ1) is 25.4. The van der Waals surface area contributed by atoms with E-state index in [0.29, 0.717) is 47.9 Å². The maximum absolute atomic E-state index is 13.0. The smallest absolute Gasteiger partial charge is 0.249 e. The minimum absolute atomic E-state index is 0.147. The Labute approximate surface area is 300 Å². The molecule has 264 valence electrons. The highest BCUT2D eigenvalue weighted by Gasteiger charge is 2.34. The van der Waals surface area contributed by atoms with Gasteiger partial charge in [-0.15, -0.1) is 10.2 Å². The summed E-state index contributed by atoms with van der Waals surface area (Å²) in [6, 6.07) is 19.9. The van der Waals surface area contributed by atoms with Crippen LogP contribution in [0.5, 0.6) is 5.75 Å². The second-order valence-corrected chi connectivity index (χ2v) is 14.5. The third-order valence-electron chi connectivity index (χ3n) is 11.6. The number of rotatable bonds is 6. The SMILES string of the molecule is Nc1nnc(-c2ccccc2O)cc1-c1cnn(C2CCN(C3CCC(c4cccc5c4c4cccnc4n5C4CCC(=O)NC4=O)CC3)CC2)c1. The molecule has 3 aliphatic rings. The number of hydrogen-bond donors (Lipinski definition) is 3. The molecule has 1 saturated carbocycles. The number of amides is 2. The van der Waals surface area contributed by atoms with Gasteiger partial charge in [0.1, 0.15) is 17.4 Å². The quantitative estimate of drug-likeness (QED) is 0.174. The number of pyridine rings is 1. The minimum Gasteiger partial charge on any atom is -0.507 e. The van der Waals surface area contributed by atoms with Crippen LogP contribution in [0.1, 0.15) is 74.9 Å². The molecule has 1 atom stereocenters. The summed E-state index contributed by atoms with van der Waals surface area (Å²) in [7, 11) is 0. The van der Waals surface area contributed by atoms with E-state index in [2.05, 4.69) is 60.1 Å². The van der Waals surface area contributed by atoms with Gasteiger partial charge in [-0.1, -0.05) is 24.3 Å². The number of imide groups is 1. The molecule has 3 fully saturated rings. The number of carbonyl (C=O) groups excluding carboxylic acids is 2. The maximum atomic E-state index is 13.0. The molecule has 2 aromatic carbocycles. The fourth-order valence-electron chi connectivity index (χ4n) is 8.93. The highest BCUT2D eigenvalue weighted by Crippen LogP contribution is 2.43. The van der Waals surface area contributed by atoms with Crippen molar-refractivity contribution < 1.29 is 14.7 Å². The number of nitrogen functional groups attached to an aromatic ring is 1. The lowest BCUT2D eigenvalue weighted by Crippen LogP contribution is -2.43. The van der Waals surface area contributed by atoms with Gasteiger partial charge in [-0.2, -0.15) is 5.10 Å². The van der Waals surface area contributed by atoms with Crippen LogP contribution >= 0.6 is 0 Å². The first-order valence-electron chi connectivity index (χ1n) is 18.3. The Balaban J connectivity index is 0.871. The van der Waals surface area contributed by atoms with Crippen molar-refractivity contribution in [3.8, 4) is 28.1 Å². The number of piperidine rings is 2. The van der Waals surface area contributed by atoms with Crippen LogP contribution in [0.25, 0.3) is 44.3 Å². The molecule has 6 aromatic rings. The number of carbonyl (C=O) groups is 2. The molecule has 2 saturated heterocycles. The van der Waals surface area contributed by atoms with E-state index in [1.54, 1.807) is 18.3 Å². The molecule has 52 heavy (non-hydrogen) atoms. The van der Waals surface area contributed by atoms with Crippen LogP contribution in [0.15, 0.2) is 79.3 Å². The number of nitrogens with zero attached hydrogens (tertiary/aromatic N) is 7. The number of phenols is 1. The Morgan fingerprint density at radius 1 is 0.846 bits per heavy atom. The van der Waals surface area contributed by atoms with Gasteiger partial charge in [0.05, 0.1) is 23.4 Å². The number of para-hydroxylation sites is 1. The van der Waals surface area contributed by atoms with Gasteiger partial charge in [-0.3, -0.25) is 19.6 Å². The topological polar surface area (TPSA) is 157 Å². The number of nitrogens with two attached hydrogens (primary N) is 1. The molecule has 6 heterocycles. The lowest BCUT2D eigenvalue weighted by Gasteiger charge is -2.41. The van der Waals surface area contributed by atoms with E-state index in [-0.39, 0.29) is 17.6 Å². The summed E-state index contributed by atoms with van der Waals surface area (Å²) in [5.74, 6) is 0.448. The summed E-state index contributed by atoms with van der Waals surface area (Å²) in [4.78, 5) is 32.4. The fourth-order valence-corrected chi connectivity index (χ4v) is 8.93. The monoisotopic (exact) mass is 695 g/mol. The van der Waals surface area contributed by atoms with Crippen LogP contribution in [-0.4, -0.2) is 70.5 Å². The molecular weight excluding hydrogens is 655 g/mol. The van der Waals surface area contributed by atoms with Crippen LogP contribution in [0.4, 0.5) is 5.82 Å². The maximum Gasteiger partial charge on any atom is 0.249 e. The molecular formula is C40H41N9O3. The number of aromatic hydroxyl groups is 1. The molecule has 2 aliphatic heterocycles. The average Bonchev–Trinajstić information content (AvgIpc) is 3.80. The first-order valence-corrected chi connectivity index (χ1v) is 18.3. The van der Waals surface area contributed by atoms with E-state index in [0.717, 1.165) is 79.3 Å². The molecule has 9 rings (SSSR count). The number of likely N-dealkylation sites (tertiary alicyclic amines) is 1. The standard InChI is InChI=1S/C40H41N9O3/c41-38-31(21-32(45-46-38)29-5-1-2-9-35(29)50)25-22-43-48(23-25)27-16-19-47(20-17-27)26-12-10-24(11-13-26)28-6-3-8-33-37(28)30-7-4-18-42-39(30)49(33)34-14-15-36(51)44-40(34)52/h1-9,18,21-24,26-27,34,50H,10-17,19-20H2,(H2,41,46)(H,44,51,52). The largest absolute Gasteiger partial charge is 0.507 e. The number of benzene rings is 2. The number of anilines is 1. The zero-order valence-electron chi connectivity index (χ0n) is 28.9.